The Balaban J connectivity index is 2.69. The zero-order valence-electron chi connectivity index (χ0n) is 7.67. The maximum absolute atomic E-state index is 12.1. The molecule has 0 spiro atoms. The van der Waals surface area contributed by atoms with Crippen LogP contribution in [0.2, 0.25) is 0 Å². The Morgan fingerprint density at radius 3 is 2.62 bits per heavy atom. The highest BCUT2D eigenvalue weighted by atomic mass is 19.3. The molecule has 0 aliphatic heterocycles. The summed E-state index contributed by atoms with van der Waals surface area (Å²) in [7, 11) is 1.77. The van der Waals surface area contributed by atoms with Gasteiger partial charge in [-0.2, -0.15) is 5.10 Å². The standard InChI is InChI=1S/C8H13F2N3/c1-5-6(4-12-13(5)2)3-7(11)8(9)10/h4,7-8H,3,11H2,1-2H3. The molecule has 0 radical (unpaired) electrons. The van der Waals surface area contributed by atoms with E-state index < -0.39 is 12.5 Å². The fourth-order valence-corrected chi connectivity index (χ4v) is 1.09. The first kappa shape index (κ1) is 10.1. The van der Waals surface area contributed by atoms with E-state index >= 15 is 0 Å². The minimum Gasteiger partial charge on any atom is -0.323 e. The average molecular weight is 189 g/mol. The second kappa shape index (κ2) is 3.83. The molecule has 1 heterocycles. The molecule has 0 bridgehead atoms. The highest BCUT2D eigenvalue weighted by Gasteiger charge is 2.17. The Morgan fingerprint density at radius 2 is 2.23 bits per heavy atom. The van der Waals surface area contributed by atoms with Gasteiger partial charge in [0.2, 0.25) is 0 Å². The lowest BCUT2D eigenvalue weighted by atomic mass is 10.1. The Hall–Kier alpha value is -0.970. The molecule has 0 saturated carbocycles. The van der Waals surface area contributed by atoms with Crippen molar-refractivity contribution in [2.45, 2.75) is 25.8 Å². The van der Waals surface area contributed by atoms with Crippen LogP contribution >= 0.6 is 0 Å². The maximum atomic E-state index is 12.1. The molecule has 0 amide bonds. The molecule has 0 aliphatic carbocycles. The molecule has 0 fully saturated rings. The van der Waals surface area contributed by atoms with Gasteiger partial charge in [-0.3, -0.25) is 4.68 Å². The summed E-state index contributed by atoms with van der Waals surface area (Å²) in [5, 5.41) is 3.94. The topological polar surface area (TPSA) is 43.8 Å². The van der Waals surface area contributed by atoms with Crippen molar-refractivity contribution in [3.8, 4) is 0 Å². The van der Waals surface area contributed by atoms with Gasteiger partial charge in [0.1, 0.15) is 0 Å². The van der Waals surface area contributed by atoms with Gasteiger partial charge in [-0.05, 0) is 18.9 Å². The number of nitrogens with zero attached hydrogens (tertiary/aromatic N) is 2. The zero-order valence-corrected chi connectivity index (χ0v) is 7.67. The van der Waals surface area contributed by atoms with Gasteiger partial charge in [0.15, 0.2) is 0 Å². The quantitative estimate of drug-likeness (QED) is 0.766. The number of hydrogen-bond donors (Lipinski definition) is 1. The summed E-state index contributed by atoms with van der Waals surface area (Å²) in [4.78, 5) is 0. The molecule has 0 saturated heterocycles. The van der Waals surface area contributed by atoms with Gasteiger partial charge < -0.3 is 5.73 Å². The average Bonchev–Trinajstić information content (AvgIpc) is 2.36. The Morgan fingerprint density at radius 1 is 1.62 bits per heavy atom. The van der Waals surface area contributed by atoms with Crippen molar-refractivity contribution < 1.29 is 8.78 Å². The Kier molecular flexibility index (Phi) is 2.98. The lowest BCUT2D eigenvalue weighted by molar-refractivity contribution is 0.116. The molecule has 1 aromatic heterocycles. The third kappa shape index (κ3) is 2.24. The normalized spacial score (nSPS) is 13.7. The van der Waals surface area contributed by atoms with Crippen LogP contribution in [0.4, 0.5) is 8.78 Å². The van der Waals surface area contributed by atoms with Gasteiger partial charge >= 0.3 is 0 Å². The Bertz CT molecular complexity index is 283. The molecule has 3 nitrogen and oxygen atoms in total. The molecule has 0 aliphatic rings. The molecule has 13 heavy (non-hydrogen) atoms. The van der Waals surface area contributed by atoms with Crippen LogP contribution < -0.4 is 5.73 Å². The third-order valence-corrected chi connectivity index (χ3v) is 2.12. The predicted octanol–water partition coefficient (Wildman–Crippen LogP) is 0.863. The van der Waals surface area contributed by atoms with Gasteiger partial charge in [-0.15, -0.1) is 0 Å². The first-order valence-corrected chi connectivity index (χ1v) is 4.03. The number of rotatable bonds is 3. The van der Waals surface area contributed by atoms with Crippen LogP contribution in [0.5, 0.6) is 0 Å². The highest BCUT2D eigenvalue weighted by molar-refractivity contribution is 5.17. The van der Waals surface area contributed by atoms with Crippen molar-refractivity contribution in [1.29, 1.82) is 0 Å². The molecular formula is C8H13F2N3. The monoisotopic (exact) mass is 189 g/mol. The third-order valence-electron chi connectivity index (χ3n) is 2.12. The lowest BCUT2D eigenvalue weighted by Gasteiger charge is -2.09. The molecule has 2 N–H and O–H groups in total. The van der Waals surface area contributed by atoms with E-state index in [1.54, 1.807) is 17.9 Å². The number of nitrogens with two attached hydrogens (primary N) is 1. The molecule has 1 aromatic rings. The summed E-state index contributed by atoms with van der Waals surface area (Å²) in [5.74, 6) is 0. The van der Waals surface area contributed by atoms with Crippen LogP contribution in [0.1, 0.15) is 11.3 Å². The van der Waals surface area contributed by atoms with Crippen molar-refractivity contribution in [1.82, 2.24) is 9.78 Å². The number of aryl methyl sites for hydroxylation is 1. The SMILES string of the molecule is Cc1c(CC(N)C(F)F)cnn1C. The van der Waals surface area contributed by atoms with Gasteiger partial charge in [0.05, 0.1) is 12.2 Å². The molecule has 1 atom stereocenters. The lowest BCUT2D eigenvalue weighted by Crippen LogP contribution is -2.31. The minimum atomic E-state index is -2.47. The van der Waals surface area contributed by atoms with Gasteiger partial charge in [0, 0.05) is 12.7 Å². The highest BCUT2D eigenvalue weighted by Crippen LogP contribution is 2.11. The maximum Gasteiger partial charge on any atom is 0.253 e. The molecular weight excluding hydrogens is 176 g/mol. The van der Waals surface area contributed by atoms with Crippen LogP contribution in [-0.2, 0) is 13.5 Å². The van der Waals surface area contributed by atoms with Gasteiger partial charge in [-0.25, -0.2) is 8.78 Å². The Labute approximate surface area is 75.5 Å². The molecule has 0 aromatic carbocycles. The van der Waals surface area contributed by atoms with E-state index in [0.29, 0.717) is 0 Å². The van der Waals surface area contributed by atoms with E-state index in [9.17, 15) is 8.78 Å². The predicted molar refractivity (Wildman–Crippen MR) is 45.6 cm³/mol. The largest absolute Gasteiger partial charge is 0.323 e. The number of aromatic nitrogens is 2. The summed E-state index contributed by atoms with van der Waals surface area (Å²) >= 11 is 0. The molecule has 1 unspecified atom stereocenters. The summed E-state index contributed by atoms with van der Waals surface area (Å²) in [5.41, 5.74) is 6.91. The summed E-state index contributed by atoms with van der Waals surface area (Å²) in [6, 6.07) is -1.09. The van der Waals surface area contributed by atoms with E-state index in [4.69, 9.17) is 5.73 Å². The number of alkyl halides is 2. The van der Waals surface area contributed by atoms with E-state index in [0.717, 1.165) is 11.3 Å². The second-order valence-corrected chi connectivity index (χ2v) is 3.08. The van der Waals surface area contributed by atoms with Crippen molar-refractivity contribution in [2.24, 2.45) is 12.8 Å². The molecule has 74 valence electrons. The van der Waals surface area contributed by atoms with Crippen LogP contribution in [0, 0.1) is 6.92 Å². The number of halogens is 2. The summed E-state index contributed by atoms with van der Waals surface area (Å²) < 4.78 is 25.8. The minimum absolute atomic E-state index is 0.178. The summed E-state index contributed by atoms with van der Waals surface area (Å²) in [6.45, 7) is 1.83. The van der Waals surface area contributed by atoms with E-state index in [-0.39, 0.29) is 6.42 Å². The number of hydrogen-bond acceptors (Lipinski definition) is 2. The zero-order chi connectivity index (χ0) is 10.0. The van der Waals surface area contributed by atoms with E-state index in [1.165, 1.54) is 0 Å². The van der Waals surface area contributed by atoms with Crippen molar-refractivity contribution >= 4 is 0 Å². The van der Waals surface area contributed by atoms with Crippen molar-refractivity contribution in [2.75, 3.05) is 0 Å². The second-order valence-electron chi connectivity index (χ2n) is 3.08. The van der Waals surface area contributed by atoms with E-state index in [1.807, 2.05) is 6.92 Å². The van der Waals surface area contributed by atoms with Crippen LogP contribution in [0.25, 0.3) is 0 Å². The van der Waals surface area contributed by atoms with Crippen molar-refractivity contribution in [3.63, 3.8) is 0 Å². The van der Waals surface area contributed by atoms with E-state index in [2.05, 4.69) is 5.10 Å². The fourth-order valence-electron chi connectivity index (χ4n) is 1.09. The molecule has 5 heteroatoms. The molecule has 1 rings (SSSR count). The fraction of sp³-hybridized carbons (Fsp3) is 0.625. The van der Waals surface area contributed by atoms with Crippen LogP contribution in [0.15, 0.2) is 6.20 Å². The van der Waals surface area contributed by atoms with Crippen LogP contribution in [0.3, 0.4) is 0 Å². The smallest absolute Gasteiger partial charge is 0.253 e. The van der Waals surface area contributed by atoms with Crippen molar-refractivity contribution in [3.05, 3.63) is 17.5 Å². The van der Waals surface area contributed by atoms with Crippen LogP contribution in [-0.4, -0.2) is 22.2 Å². The first-order valence-electron chi connectivity index (χ1n) is 4.03. The van der Waals surface area contributed by atoms with Gasteiger partial charge in [0.25, 0.3) is 6.43 Å². The first-order chi connectivity index (χ1) is 6.02. The summed E-state index contributed by atoms with van der Waals surface area (Å²) in [6.07, 6.45) is -0.714. The van der Waals surface area contributed by atoms with Gasteiger partial charge in [-0.1, -0.05) is 0 Å².